The first kappa shape index (κ1) is 18.8. The van der Waals surface area contributed by atoms with E-state index in [0.717, 1.165) is 32.0 Å². The van der Waals surface area contributed by atoms with E-state index in [9.17, 15) is 14.7 Å². The number of carboxylic acid groups (broad SMARTS) is 1. The number of aliphatic carboxylic acids is 1. The number of carbonyl (C=O) groups is 2. The molecule has 0 aliphatic carbocycles. The molecule has 7 heteroatoms. The van der Waals surface area contributed by atoms with E-state index in [4.69, 9.17) is 0 Å². The molecular formula is C20H24N4O3. The van der Waals surface area contributed by atoms with E-state index >= 15 is 0 Å². The van der Waals surface area contributed by atoms with Gasteiger partial charge in [0.15, 0.2) is 5.54 Å². The van der Waals surface area contributed by atoms with Crippen molar-refractivity contribution in [2.75, 3.05) is 37.6 Å². The van der Waals surface area contributed by atoms with Crippen molar-refractivity contribution in [1.82, 2.24) is 15.2 Å². The molecule has 7 nitrogen and oxygen atoms in total. The van der Waals surface area contributed by atoms with Gasteiger partial charge >= 0.3 is 5.97 Å². The molecule has 1 aromatic carbocycles. The number of nitrogens with one attached hydrogen (secondary N) is 1. The number of carbonyl (C=O) groups excluding carboxylic acids is 1. The van der Waals surface area contributed by atoms with Gasteiger partial charge in [-0.25, -0.2) is 9.78 Å². The maximum atomic E-state index is 12.5. The third-order valence-corrected chi connectivity index (χ3v) is 4.88. The molecule has 0 bridgehead atoms. The zero-order valence-corrected chi connectivity index (χ0v) is 15.3. The first-order valence-electron chi connectivity index (χ1n) is 8.97. The van der Waals surface area contributed by atoms with Gasteiger partial charge in [-0.2, -0.15) is 0 Å². The summed E-state index contributed by atoms with van der Waals surface area (Å²) in [4.78, 5) is 32.9. The summed E-state index contributed by atoms with van der Waals surface area (Å²) < 4.78 is 0. The highest BCUT2D eigenvalue weighted by atomic mass is 16.4. The fourth-order valence-electron chi connectivity index (χ4n) is 3.22. The predicted molar refractivity (Wildman–Crippen MR) is 102 cm³/mol. The van der Waals surface area contributed by atoms with Gasteiger partial charge in [0.1, 0.15) is 5.82 Å². The van der Waals surface area contributed by atoms with Crippen molar-refractivity contribution in [3.05, 3.63) is 60.3 Å². The van der Waals surface area contributed by atoms with Crippen LogP contribution in [0.3, 0.4) is 0 Å². The first-order valence-corrected chi connectivity index (χ1v) is 8.97. The van der Waals surface area contributed by atoms with E-state index in [1.807, 2.05) is 29.2 Å². The molecule has 2 N–H and O–H groups in total. The second kappa shape index (κ2) is 8.18. The van der Waals surface area contributed by atoms with Crippen LogP contribution in [0.4, 0.5) is 5.82 Å². The lowest BCUT2D eigenvalue weighted by Gasteiger charge is -2.35. The normalized spacial score (nSPS) is 17.1. The van der Waals surface area contributed by atoms with Crippen LogP contribution < -0.4 is 10.2 Å². The van der Waals surface area contributed by atoms with Crippen molar-refractivity contribution >= 4 is 17.7 Å². The molecule has 2 aromatic rings. The average Bonchev–Trinajstić information content (AvgIpc) is 2.69. The van der Waals surface area contributed by atoms with Crippen LogP contribution in [0, 0.1) is 0 Å². The predicted octanol–water partition coefficient (Wildman–Crippen LogP) is 1.32. The molecule has 1 aromatic heterocycles. The number of anilines is 1. The highest BCUT2D eigenvalue weighted by molar-refractivity contribution is 5.88. The average molecular weight is 368 g/mol. The van der Waals surface area contributed by atoms with E-state index in [-0.39, 0.29) is 12.5 Å². The van der Waals surface area contributed by atoms with Crippen LogP contribution in [0.5, 0.6) is 0 Å². The summed E-state index contributed by atoms with van der Waals surface area (Å²) in [6.07, 6.45) is 1.77. The summed E-state index contributed by atoms with van der Waals surface area (Å²) in [6.45, 7) is 4.68. The van der Waals surface area contributed by atoms with Crippen LogP contribution in [0.25, 0.3) is 0 Å². The highest BCUT2D eigenvalue weighted by Gasteiger charge is 2.37. The minimum Gasteiger partial charge on any atom is -0.479 e. The summed E-state index contributed by atoms with van der Waals surface area (Å²) in [5, 5.41) is 12.4. The number of rotatable bonds is 6. The molecular weight excluding hydrogens is 344 g/mol. The van der Waals surface area contributed by atoms with Gasteiger partial charge in [0.25, 0.3) is 0 Å². The van der Waals surface area contributed by atoms with Crippen molar-refractivity contribution in [2.45, 2.75) is 12.5 Å². The van der Waals surface area contributed by atoms with Gasteiger partial charge in [0.2, 0.25) is 5.91 Å². The van der Waals surface area contributed by atoms with E-state index in [2.05, 4.69) is 15.2 Å². The standard InChI is InChI=1S/C20H24N4O3/c1-20(19(26)27,16-7-3-2-4-8-16)22-18(25)15-23-11-13-24(14-12-23)17-9-5-6-10-21-17/h2-10H,11-15H2,1H3,(H,22,25)(H,26,27). The molecule has 0 saturated carbocycles. The number of aromatic nitrogens is 1. The Hall–Kier alpha value is -2.93. The Balaban J connectivity index is 1.57. The van der Waals surface area contributed by atoms with Crippen molar-refractivity contribution in [2.24, 2.45) is 0 Å². The molecule has 1 atom stereocenters. The molecule has 1 saturated heterocycles. The molecule has 0 spiro atoms. The topological polar surface area (TPSA) is 85.8 Å². The van der Waals surface area contributed by atoms with Crippen molar-refractivity contribution in [3.8, 4) is 0 Å². The van der Waals surface area contributed by atoms with Crippen LogP contribution in [0.2, 0.25) is 0 Å². The minimum absolute atomic E-state index is 0.172. The molecule has 1 fully saturated rings. The number of amides is 1. The fourth-order valence-corrected chi connectivity index (χ4v) is 3.22. The van der Waals surface area contributed by atoms with E-state index in [1.165, 1.54) is 6.92 Å². The molecule has 3 rings (SSSR count). The van der Waals surface area contributed by atoms with Gasteiger partial charge in [0, 0.05) is 32.4 Å². The number of pyridine rings is 1. The van der Waals surface area contributed by atoms with Crippen LogP contribution >= 0.6 is 0 Å². The maximum Gasteiger partial charge on any atom is 0.333 e. The number of benzene rings is 1. The van der Waals surface area contributed by atoms with Gasteiger partial charge in [-0.3, -0.25) is 9.69 Å². The number of hydrogen-bond donors (Lipinski definition) is 2. The largest absolute Gasteiger partial charge is 0.479 e. The summed E-state index contributed by atoms with van der Waals surface area (Å²) in [6, 6.07) is 14.6. The third-order valence-electron chi connectivity index (χ3n) is 4.88. The van der Waals surface area contributed by atoms with Crippen molar-refractivity contribution in [1.29, 1.82) is 0 Å². The van der Waals surface area contributed by atoms with Crippen LogP contribution in [-0.4, -0.2) is 59.6 Å². The second-order valence-electron chi connectivity index (χ2n) is 6.80. The lowest BCUT2D eigenvalue weighted by molar-refractivity contribution is -0.147. The zero-order chi connectivity index (χ0) is 19.3. The Kier molecular flexibility index (Phi) is 5.71. The van der Waals surface area contributed by atoms with Crippen LogP contribution in [-0.2, 0) is 15.1 Å². The number of piperazine rings is 1. The monoisotopic (exact) mass is 368 g/mol. The zero-order valence-electron chi connectivity index (χ0n) is 15.3. The lowest BCUT2D eigenvalue weighted by Crippen LogP contribution is -2.54. The molecule has 1 amide bonds. The van der Waals surface area contributed by atoms with Gasteiger partial charge in [-0.05, 0) is 24.6 Å². The van der Waals surface area contributed by atoms with Crippen molar-refractivity contribution in [3.63, 3.8) is 0 Å². The number of carboxylic acids is 1. The Labute approximate surface area is 158 Å². The quantitative estimate of drug-likeness (QED) is 0.800. The number of hydrogen-bond acceptors (Lipinski definition) is 5. The van der Waals surface area contributed by atoms with Crippen LogP contribution in [0.15, 0.2) is 54.7 Å². The second-order valence-corrected chi connectivity index (χ2v) is 6.80. The molecule has 1 aliphatic rings. The molecule has 27 heavy (non-hydrogen) atoms. The Morgan fingerprint density at radius 3 is 2.33 bits per heavy atom. The van der Waals surface area contributed by atoms with Gasteiger partial charge in [-0.15, -0.1) is 0 Å². The lowest BCUT2D eigenvalue weighted by atomic mass is 9.92. The maximum absolute atomic E-state index is 12.5. The Bertz CT molecular complexity index is 776. The Morgan fingerprint density at radius 2 is 1.74 bits per heavy atom. The van der Waals surface area contributed by atoms with Gasteiger partial charge in [-0.1, -0.05) is 36.4 Å². The molecule has 1 unspecified atom stereocenters. The van der Waals surface area contributed by atoms with E-state index in [1.54, 1.807) is 30.5 Å². The SMILES string of the molecule is CC(NC(=O)CN1CCN(c2ccccn2)CC1)(C(=O)O)c1ccccc1. The number of nitrogens with zero attached hydrogens (tertiary/aromatic N) is 3. The summed E-state index contributed by atoms with van der Waals surface area (Å²) in [7, 11) is 0. The van der Waals surface area contributed by atoms with Gasteiger partial charge < -0.3 is 15.3 Å². The third kappa shape index (κ3) is 4.43. The Morgan fingerprint density at radius 1 is 1.07 bits per heavy atom. The summed E-state index contributed by atoms with van der Waals surface area (Å²) >= 11 is 0. The van der Waals surface area contributed by atoms with E-state index in [0.29, 0.717) is 5.56 Å². The molecule has 2 heterocycles. The van der Waals surface area contributed by atoms with Crippen LogP contribution in [0.1, 0.15) is 12.5 Å². The smallest absolute Gasteiger partial charge is 0.333 e. The summed E-state index contributed by atoms with van der Waals surface area (Å²) in [5.41, 5.74) is -0.903. The molecule has 0 radical (unpaired) electrons. The fraction of sp³-hybridized carbons (Fsp3) is 0.350. The molecule has 142 valence electrons. The minimum atomic E-state index is -1.45. The molecule has 1 aliphatic heterocycles. The van der Waals surface area contributed by atoms with E-state index < -0.39 is 11.5 Å². The first-order chi connectivity index (χ1) is 13.0. The highest BCUT2D eigenvalue weighted by Crippen LogP contribution is 2.21. The summed E-state index contributed by atoms with van der Waals surface area (Å²) in [5.74, 6) is -0.443. The van der Waals surface area contributed by atoms with Crippen molar-refractivity contribution < 1.29 is 14.7 Å². The van der Waals surface area contributed by atoms with Gasteiger partial charge in [0.05, 0.1) is 6.54 Å².